The lowest BCUT2D eigenvalue weighted by atomic mass is 10.2. The lowest BCUT2D eigenvalue weighted by Crippen LogP contribution is -2.35. The van der Waals surface area contributed by atoms with Gasteiger partial charge in [0, 0.05) is 17.5 Å². The molecule has 2 aromatic rings. The van der Waals surface area contributed by atoms with Crippen molar-refractivity contribution in [1.29, 1.82) is 0 Å². The van der Waals surface area contributed by atoms with E-state index in [0.29, 0.717) is 17.2 Å². The minimum Gasteiger partial charge on any atom is -0.492 e. The molecule has 0 spiro atoms. The van der Waals surface area contributed by atoms with Gasteiger partial charge < -0.3 is 15.4 Å². The largest absolute Gasteiger partial charge is 0.492 e. The molecule has 3 rings (SSSR count). The number of halogens is 1. The first-order valence-corrected chi connectivity index (χ1v) is 8.43. The Bertz CT molecular complexity index is 639. The van der Waals surface area contributed by atoms with Crippen LogP contribution in [0.4, 0.5) is 0 Å². The van der Waals surface area contributed by atoms with Crippen molar-refractivity contribution in [3.63, 3.8) is 0 Å². The first kappa shape index (κ1) is 17.8. The van der Waals surface area contributed by atoms with Crippen molar-refractivity contribution in [2.75, 3.05) is 19.7 Å². The van der Waals surface area contributed by atoms with Crippen molar-refractivity contribution in [2.45, 2.75) is 19.4 Å². The monoisotopic (exact) mass is 352 g/mol. The van der Waals surface area contributed by atoms with Gasteiger partial charge >= 0.3 is 0 Å². The predicted octanol–water partition coefficient (Wildman–Crippen LogP) is 3.33. The minimum atomic E-state index is -0.0377. The Balaban J connectivity index is 0.00000192. The quantitative estimate of drug-likeness (QED) is 0.867. The van der Waals surface area contributed by atoms with E-state index in [9.17, 15) is 4.79 Å². The van der Waals surface area contributed by atoms with Crippen LogP contribution >= 0.6 is 23.7 Å². The topological polar surface area (TPSA) is 50.4 Å². The fourth-order valence-electron chi connectivity index (χ4n) is 2.57. The van der Waals surface area contributed by atoms with Crippen LogP contribution in [0.2, 0.25) is 0 Å². The molecule has 1 aromatic heterocycles. The third-order valence-electron chi connectivity index (χ3n) is 3.66. The van der Waals surface area contributed by atoms with Gasteiger partial charge in [0.2, 0.25) is 0 Å². The second-order valence-corrected chi connectivity index (χ2v) is 6.32. The molecule has 4 nitrogen and oxygen atoms in total. The molecule has 1 atom stereocenters. The van der Waals surface area contributed by atoms with E-state index < -0.39 is 0 Å². The van der Waals surface area contributed by atoms with Crippen LogP contribution in [0.15, 0.2) is 36.4 Å². The maximum Gasteiger partial charge on any atom is 0.265 e. The zero-order chi connectivity index (χ0) is 15.4. The summed E-state index contributed by atoms with van der Waals surface area (Å²) in [6.45, 7) is 4.29. The average Bonchev–Trinajstić information content (AvgIpc) is 3.18. The van der Waals surface area contributed by atoms with Crippen molar-refractivity contribution in [3.8, 4) is 16.2 Å². The van der Waals surface area contributed by atoms with Gasteiger partial charge in [0.1, 0.15) is 10.6 Å². The summed E-state index contributed by atoms with van der Waals surface area (Å²) in [5.41, 5.74) is 1.11. The molecular formula is C17H21ClN2O2S. The zero-order valence-electron chi connectivity index (χ0n) is 13.0. The van der Waals surface area contributed by atoms with Crippen molar-refractivity contribution < 1.29 is 9.53 Å². The molecule has 124 valence electrons. The number of ether oxygens (including phenoxy) is 1. The molecule has 1 fully saturated rings. The number of rotatable bonds is 5. The highest BCUT2D eigenvalue weighted by molar-refractivity contribution is 7.17. The van der Waals surface area contributed by atoms with Crippen molar-refractivity contribution >= 4 is 29.7 Å². The highest BCUT2D eigenvalue weighted by Gasteiger charge is 2.22. The fourth-order valence-corrected chi connectivity index (χ4v) is 3.58. The molecular weight excluding hydrogens is 332 g/mol. The van der Waals surface area contributed by atoms with Crippen molar-refractivity contribution in [2.24, 2.45) is 0 Å². The summed E-state index contributed by atoms with van der Waals surface area (Å²) in [6, 6.07) is 12.3. The molecule has 0 radical (unpaired) electrons. The van der Waals surface area contributed by atoms with Crippen LogP contribution in [-0.4, -0.2) is 31.6 Å². The summed E-state index contributed by atoms with van der Waals surface area (Å²) in [6.07, 6.45) is 0.979. The van der Waals surface area contributed by atoms with Crippen molar-refractivity contribution in [1.82, 2.24) is 10.6 Å². The highest BCUT2D eigenvalue weighted by Crippen LogP contribution is 2.36. The van der Waals surface area contributed by atoms with Crippen LogP contribution in [0.5, 0.6) is 5.75 Å². The first-order chi connectivity index (χ1) is 10.8. The van der Waals surface area contributed by atoms with Gasteiger partial charge in [0.25, 0.3) is 5.91 Å². The number of benzene rings is 1. The molecule has 2 N–H and O–H groups in total. The Morgan fingerprint density at radius 1 is 1.39 bits per heavy atom. The third kappa shape index (κ3) is 4.25. The smallest absolute Gasteiger partial charge is 0.265 e. The Morgan fingerprint density at radius 3 is 2.83 bits per heavy atom. The van der Waals surface area contributed by atoms with E-state index in [4.69, 9.17) is 4.74 Å². The summed E-state index contributed by atoms with van der Waals surface area (Å²) >= 11 is 1.49. The summed E-state index contributed by atoms with van der Waals surface area (Å²) in [5, 5.41) is 6.35. The Morgan fingerprint density at radius 2 is 2.17 bits per heavy atom. The van der Waals surface area contributed by atoms with Gasteiger partial charge in [-0.2, -0.15) is 0 Å². The van der Waals surface area contributed by atoms with Crippen LogP contribution in [0.25, 0.3) is 10.4 Å². The number of hydrogen-bond acceptors (Lipinski definition) is 4. The molecule has 0 aliphatic carbocycles. The summed E-state index contributed by atoms with van der Waals surface area (Å²) in [7, 11) is 0. The van der Waals surface area contributed by atoms with Crippen LogP contribution < -0.4 is 15.4 Å². The molecule has 6 heteroatoms. The molecule has 1 unspecified atom stereocenters. The van der Waals surface area contributed by atoms with Gasteiger partial charge in [-0.25, -0.2) is 0 Å². The lowest BCUT2D eigenvalue weighted by Gasteiger charge is -2.11. The Labute approximate surface area is 146 Å². The molecule has 2 heterocycles. The van der Waals surface area contributed by atoms with Crippen LogP contribution in [-0.2, 0) is 0 Å². The second-order valence-electron chi connectivity index (χ2n) is 5.27. The normalized spacial score (nSPS) is 16.7. The van der Waals surface area contributed by atoms with Gasteiger partial charge in [-0.1, -0.05) is 30.3 Å². The van der Waals surface area contributed by atoms with Gasteiger partial charge in [-0.3, -0.25) is 4.79 Å². The van der Waals surface area contributed by atoms with E-state index in [2.05, 4.69) is 10.6 Å². The summed E-state index contributed by atoms with van der Waals surface area (Å²) in [4.78, 5) is 14.2. The molecule has 0 bridgehead atoms. The number of hydrogen-bond donors (Lipinski definition) is 2. The van der Waals surface area contributed by atoms with Crippen LogP contribution in [0.1, 0.15) is 23.0 Å². The molecule has 1 aliphatic rings. The molecule has 0 saturated carbocycles. The lowest BCUT2D eigenvalue weighted by molar-refractivity contribution is 0.0941. The number of carbonyl (C=O) groups excluding carboxylic acids is 1. The van der Waals surface area contributed by atoms with Crippen LogP contribution in [0, 0.1) is 0 Å². The number of carbonyl (C=O) groups is 1. The molecule has 1 aliphatic heterocycles. The third-order valence-corrected chi connectivity index (χ3v) is 4.82. The van der Waals surface area contributed by atoms with E-state index in [0.717, 1.165) is 30.0 Å². The van der Waals surface area contributed by atoms with E-state index in [1.807, 2.05) is 43.3 Å². The standard InChI is InChI=1S/C17H20N2O2S.ClH/c1-2-21-14-10-15(12-6-4-3-5-7-12)22-16(14)17(20)19-13-8-9-18-11-13;/h3-7,10,13,18H,2,8-9,11H2,1H3,(H,19,20);1H. The summed E-state index contributed by atoms with van der Waals surface area (Å²) in [5.74, 6) is 0.638. The maximum absolute atomic E-state index is 12.5. The average molecular weight is 353 g/mol. The van der Waals surface area contributed by atoms with Gasteiger partial charge in [0.15, 0.2) is 0 Å². The van der Waals surface area contributed by atoms with Gasteiger partial charge in [-0.15, -0.1) is 23.7 Å². The highest BCUT2D eigenvalue weighted by atomic mass is 35.5. The summed E-state index contributed by atoms with van der Waals surface area (Å²) < 4.78 is 5.66. The molecule has 1 amide bonds. The van der Waals surface area contributed by atoms with E-state index in [-0.39, 0.29) is 24.4 Å². The maximum atomic E-state index is 12.5. The first-order valence-electron chi connectivity index (χ1n) is 7.61. The molecule has 23 heavy (non-hydrogen) atoms. The number of nitrogens with one attached hydrogen (secondary N) is 2. The Hall–Kier alpha value is -1.56. The Kier molecular flexibility index (Phi) is 6.45. The van der Waals surface area contributed by atoms with Gasteiger partial charge in [0.05, 0.1) is 6.61 Å². The second kappa shape index (κ2) is 8.34. The van der Waals surface area contributed by atoms with E-state index in [1.165, 1.54) is 11.3 Å². The predicted molar refractivity (Wildman–Crippen MR) is 96.9 cm³/mol. The minimum absolute atomic E-state index is 0. The number of amides is 1. The van der Waals surface area contributed by atoms with Crippen LogP contribution in [0.3, 0.4) is 0 Å². The van der Waals surface area contributed by atoms with Crippen molar-refractivity contribution in [3.05, 3.63) is 41.3 Å². The molecule has 1 saturated heterocycles. The van der Waals surface area contributed by atoms with Gasteiger partial charge in [-0.05, 0) is 31.5 Å². The molecule has 1 aromatic carbocycles. The number of thiophene rings is 1. The zero-order valence-corrected chi connectivity index (χ0v) is 14.6. The fraction of sp³-hybridized carbons (Fsp3) is 0.353. The van der Waals surface area contributed by atoms with E-state index in [1.54, 1.807) is 0 Å². The SMILES string of the molecule is CCOc1cc(-c2ccccc2)sc1C(=O)NC1CCNC1.Cl. The van der Waals surface area contributed by atoms with E-state index >= 15 is 0 Å².